The molecule has 2 atom stereocenters. The molecule has 1 heterocycles. The summed E-state index contributed by atoms with van der Waals surface area (Å²) >= 11 is 0. The molecule has 0 aromatic heterocycles. The minimum Gasteiger partial charge on any atom is -0.383 e. The summed E-state index contributed by atoms with van der Waals surface area (Å²) in [7, 11) is 3.59. The third-order valence-electron chi connectivity index (χ3n) is 3.90. The Morgan fingerprint density at radius 3 is 2.91 bits per heavy atom. The first-order valence-electron chi connectivity index (χ1n) is 7.68. The van der Waals surface area contributed by atoms with Crippen molar-refractivity contribution in [2.45, 2.75) is 6.04 Å². The zero-order valence-electron chi connectivity index (χ0n) is 13.3. The number of carbonyl (C=O) groups excluding carboxylic acids is 1. The average molecular weight is 306 g/mol. The fourth-order valence-electron chi connectivity index (χ4n) is 2.61. The number of nitrogens with zero attached hydrogens (tertiary/aromatic N) is 1. The Morgan fingerprint density at radius 1 is 1.41 bits per heavy atom. The van der Waals surface area contributed by atoms with Crippen LogP contribution in [0.5, 0.6) is 0 Å². The Hall–Kier alpha value is -1.47. The Kier molecular flexibility index (Phi) is 6.79. The summed E-state index contributed by atoms with van der Waals surface area (Å²) in [5.74, 6) is 0.396. The van der Waals surface area contributed by atoms with Gasteiger partial charge in [-0.15, -0.1) is 0 Å². The van der Waals surface area contributed by atoms with Crippen molar-refractivity contribution in [3.05, 3.63) is 35.9 Å². The largest absolute Gasteiger partial charge is 0.383 e. The van der Waals surface area contributed by atoms with Gasteiger partial charge in [-0.2, -0.15) is 0 Å². The highest BCUT2D eigenvalue weighted by Crippen LogP contribution is 2.23. The molecule has 0 radical (unpaired) electrons. The van der Waals surface area contributed by atoms with Crippen LogP contribution in [-0.4, -0.2) is 57.8 Å². The number of ether oxygens (including phenoxy) is 1. The van der Waals surface area contributed by atoms with Crippen LogP contribution in [0.15, 0.2) is 30.3 Å². The molecule has 6 nitrogen and oxygen atoms in total. The second-order valence-electron chi connectivity index (χ2n) is 5.71. The summed E-state index contributed by atoms with van der Waals surface area (Å²) in [5, 5.41) is 3.03. The summed E-state index contributed by atoms with van der Waals surface area (Å²) in [6, 6.07) is 10.5. The van der Waals surface area contributed by atoms with E-state index in [-0.39, 0.29) is 11.9 Å². The molecule has 0 aliphatic carbocycles. The van der Waals surface area contributed by atoms with Gasteiger partial charge in [0, 0.05) is 32.7 Å². The summed E-state index contributed by atoms with van der Waals surface area (Å²) in [6.45, 7) is 3.29. The van der Waals surface area contributed by atoms with Crippen molar-refractivity contribution >= 4 is 5.91 Å². The zero-order valence-corrected chi connectivity index (χ0v) is 13.3. The van der Waals surface area contributed by atoms with Gasteiger partial charge < -0.3 is 10.1 Å². The van der Waals surface area contributed by atoms with E-state index in [1.165, 1.54) is 5.56 Å². The molecule has 2 rings (SSSR count). The molecule has 1 aromatic carbocycles. The maximum atomic E-state index is 12.0. The van der Waals surface area contributed by atoms with Gasteiger partial charge in [-0.05, 0) is 12.6 Å². The van der Waals surface area contributed by atoms with Gasteiger partial charge in [0.05, 0.1) is 19.2 Å². The standard InChI is InChI=1S/C16H26N4O2/c1-20(8-9-22-2)12-15(21)17-10-14-11-18-19-16(14)13-6-4-3-5-7-13/h3-7,14,16,18-19H,8-12H2,1-2H3,(H,17,21). The number of hydrogen-bond donors (Lipinski definition) is 3. The van der Waals surface area contributed by atoms with Crippen LogP contribution in [0.2, 0.25) is 0 Å². The molecule has 22 heavy (non-hydrogen) atoms. The number of rotatable bonds is 8. The first kappa shape index (κ1) is 16.9. The topological polar surface area (TPSA) is 65.6 Å². The lowest BCUT2D eigenvalue weighted by atomic mass is 9.95. The minimum absolute atomic E-state index is 0.0531. The van der Waals surface area contributed by atoms with E-state index in [2.05, 4.69) is 28.3 Å². The Bertz CT molecular complexity index is 455. The van der Waals surface area contributed by atoms with Gasteiger partial charge in [0.25, 0.3) is 0 Å². The Labute approximate surface area is 132 Å². The molecule has 6 heteroatoms. The molecule has 0 saturated carbocycles. The van der Waals surface area contributed by atoms with E-state index < -0.39 is 0 Å². The van der Waals surface area contributed by atoms with Crippen molar-refractivity contribution in [2.24, 2.45) is 5.92 Å². The van der Waals surface area contributed by atoms with Crippen molar-refractivity contribution in [3.8, 4) is 0 Å². The van der Waals surface area contributed by atoms with Crippen LogP contribution < -0.4 is 16.2 Å². The molecule has 0 bridgehead atoms. The Morgan fingerprint density at radius 2 is 2.18 bits per heavy atom. The maximum absolute atomic E-state index is 12.0. The molecule has 122 valence electrons. The highest BCUT2D eigenvalue weighted by molar-refractivity contribution is 5.77. The molecule has 2 unspecified atom stereocenters. The van der Waals surface area contributed by atoms with Gasteiger partial charge in [0.1, 0.15) is 0 Å². The van der Waals surface area contributed by atoms with Crippen LogP contribution in [0.1, 0.15) is 11.6 Å². The van der Waals surface area contributed by atoms with Crippen LogP contribution in [0, 0.1) is 5.92 Å². The van der Waals surface area contributed by atoms with Crippen molar-refractivity contribution in [3.63, 3.8) is 0 Å². The van der Waals surface area contributed by atoms with Crippen LogP contribution in [0.25, 0.3) is 0 Å². The molecule has 1 aliphatic rings. The fourth-order valence-corrected chi connectivity index (χ4v) is 2.61. The molecule has 1 aromatic rings. The van der Waals surface area contributed by atoms with Crippen LogP contribution in [-0.2, 0) is 9.53 Å². The number of carbonyl (C=O) groups is 1. The SMILES string of the molecule is COCCN(C)CC(=O)NCC1CNNC1c1ccccc1. The smallest absolute Gasteiger partial charge is 0.234 e. The summed E-state index contributed by atoms with van der Waals surface area (Å²) in [4.78, 5) is 13.9. The quantitative estimate of drug-likeness (QED) is 0.638. The van der Waals surface area contributed by atoms with Crippen molar-refractivity contribution in [2.75, 3.05) is 46.9 Å². The number of benzene rings is 1. The molecular weight excluding hydrogens is 280 g/mol. The maximum Gasteiger partial charge on any atom is 0.234 e. The number of likely N-dealkylation sites (N-methyl/N-ethyl adjacent to an activating group) is 1. The normalized spacial score (nSPS) is 21.2. The molecule has 1 saturated heterocycles. The molecular formula is C16H26N4O2. The highest BCUT2D eigenvalue weighted by Gasteiger charge is 2.28. The number of nitrogens with one attached hydrogen (secondary N) is 3. The van der Waals surface area contributed by atoms with E-state index in [0.29, 0.717) is 25.6 Å². The van der Waals surface area contributed by atoms with Gasteiger partial charge in [-0.3, -0.25) is 15.1 Å². The molecule has 1 aliphatic heterocycles. The van der Waals surface area contributed by atoms with Crippen molar-refractivity contribution < 1.29 is 9.53 Å². The van der Waals surface area contributed by atoms with Gasteiger partial charge in [0.2, 0.25) is 5.91 Å². The third kappa shape index (κ3) is 5.06. The molecule has 1 fully saturated rings. The predicted molar refractivity (Wildman–Crippen MR) is 86.2 cm³/mol. The van der Waals surface area contributed by atoms with E-state index >= 15 is 0 Å². The summed E-state index contributed by atoms with van der Waals surface area (Å²) in [6.07, 6.45) is 0. The number of methoxy groups -OCH3 is 1. The molecule has 1 amide bonds. The third-order valence-corrected chi connectivity index (χ3v) is 3.90. The van der Waals surface area contributed by atoms with Crippen LogP contribution >= 0.6 is 0 Å². The average Bonchev–Trinajstić information content (AvgIpc) is 3.00. The number of hydrogen-bond acceptors (Lipinski definition) is 5. The highest BCUT2D eigenvalue weighted by atomic mass is 16.5. The van der Waals surface area contributed by atoms with Crippen LogP contribution in [0.4, 0.5) is 0 Å². The van der Waals surface area contributed by atoms with E-state index in [4.69, 9.17) is 4.74 Å². The van der Waals surface area contributed by atoms with Crippen molar-refractivity contribution in [1.82, 2.24) is 21.1 Å². The fraction of sp³-hybridized carbons (Fsp3) is 0.562. The lowest BCUT2D eigenvalue weighted by molar-refractivity contribution is -0.122. The second kappa shape index (κ2) is 8.85. The van der Waals surface area contributed by atoms with Gasteiger partial charge >= 0.3 is 0 Å². The Balaban J connectivity index is 1.77. The number of hydrazine groups is 1. The lowest BCUT2D eigenvalue weighted by Crippen LogP contribution is -2.39. The summed E-state index contributed by atoms with van der Waals surface area (Å²) in [5.41, 5.74) is 7.71. The predicted octanol–water partition coefficient (Wildman–Crippen LogP) is 0.146. The first-order valence-corrected chi connectivity index (χ1v) is 7.68. The minimum atomic E-state index is 0.0531. The van der Waals surface area contributed by atoms with E-state index in [1.807, 2.05) is 30.1 Å². The van der Waals surface area contributed by atoms with E-state index in [9.17, 15) is 4.79 Å². The number of amides is 1. The first-order chi connectivity index (χ1) is 10.7. The van der Waals surface area contributed by atoms with Gasteiger partial charge in [0.15, 0.2) is 0 Å². The van der Waals surface area contributed by atoms with E-state index in [0.717, 1.165) is 13.1 Å². The van der Waals surface area contributed by atoms with Crippen LogP contribution in [0.3, 0.4) is 0 Å². The van der Waals surface area contributed by atoms with Crippen molar-refractivity contribution in [1.29, 1.82) is 0 Å². The second-order valence-corrected chi connectivity index (χ2v) is 5.71. The molecule has 0 spiro atoms. The molecule has 3 N–H and O–H groups in total. The van der Waals surface area contributed by atoms with E-state index in [1.54, 1.807) is 7.11 Å². The zero-order chi connectivity index (χ0) is 15.8. The summed E-state index contributed by atoms with van der Waals surface area (Å²) < 4.78 is 5.01. The van der Waals surface area contributed by atoms with Gasteiger partial charge in [-0.25, -0.2) is 5.43 Å². The lowest BCUT2D eigenvalue weighted by Gasteiger charge is -2.20. The monoisotopic (exact) mass is 306 g/mol. The van der Waals surface area contributed by atoms with Gasteiger partial charge in [-0.1, -0.05) is 30.3 Å².